The van der Waals surface area contributed by atoms with Crippen molar-refractivity contribution in [3.05, 3.63) is 0 Å². The molecule has 1 rings (SSSR count). The number of ether oxygens (including phenoxy) is 2. The molecule has 25 heavy (non-hydrogen) atoms. The van der Waals surface area contributed by atoms with E-state index in [4.69, 9.17) is 9.47 Å². The van der Waals surface area contributed by atoms with Gasteiger partial charge in [0.2, 0.25) is 0 Å². The van der Waals surface area contributed by atoms with Gasteiger partial charge in [0.1, 0.15) is 0 Å². The number of rotatable bonds is 10. The van der Waals surface area contributed by atoms with Crippen LogP contribution in [0.3, 0.4) is 0 Å². The summed E-state index contributed by atoms with van der Waals surface area (Å²) in [4.78, 5) is 7.72. The number of nitrogens with one attached hydrogen (secondary N) is 1. The monoisotopic (exact) mass is 368 g/mol. The number of likely N-dealkylation sites (tertiary alicyclic amines) is 1. The molecule has 6 nitrogen and oxygen atoms in total. The van der Waals surface area contributed by atoms with Crippen LogP contribution >= 0.6 is 0 Å². The summed E-state index contributed by atoms with van der Waals surface area (Å²) in [6, 6.07) is 0. The van der Waals surface area contributed by atoms with Gasteiger partial charge >= 0.3 is 6.18 Å². The van der Waals surface area contributed by atoms with Crippen LogP contribution in [0.4, 0.5) is 13.2 Å². The molecule has 0 aromatic carbocycles. The van der Waals surface area contributed by atoms with Gasteiger partial charge in [0.15, 0.2) is 5.96 Å². The van der Waals surface area contributed by atoms with E-state index in [-0.39, 0.29) is 0 Å². The zero-order valence-electron chi connectivity index (χ0n) is 15.4. The summed E-state index contributed by atoms with van der Waals surface area (Å²) >= 11 is 0. The van der Waals surface area contributed by atoms with Crippen LogP contribution in [0.15, 0.2) is 4.99 Å². The van der Waals surface area contributed by atoms with E-state index in [1.807, 2.05) is 0 Å². The average molecular weight is 368 g/mol. The Labute approximate surface area is 148 Å². The summed E-state index contributed by atoms with van der Waals surface area (Å²) in [6.07, 6.45) is -2.47. The highest BCUT2D eigenvalue weighted by Gasteiger charge is 2.29. The predicted molar refractivity (Wildman–Crippen MR) is 91.9 cm³/mol. The maximum absolute atomic E-state index is 12.3. The van der Waals surface area contributed by atoms with E-state index >= 15 is 0 Å². The molecule has 1 aliphatic heterocycles. The first-order chi connectivity index (χ1) is 11.9. The first kappa shape index (κ1) is 22.0. The van der Waals surface area contributed by atoms with Gasteiger partial charge in [0, 0.05) is 39.7 Å². The fourth-order valence-electron chi connectivity index (χ4n) is 2.82. The van der Waals surface area contributed by atoms with E-state index in [0.717, 1.165) is 25.5 Å². The van der Waals surface area contributed by atoms with Crippen molar-refractivity contribution in [2.75, 3.05) is 73.7 Å². The molecule has 0 aromatic heterocycles. The van der Waals surface area contributed by atoms with Crippen molar-refractivity contribution in [3.8, 4) is 0 Å². The van der Waals surface area contributed by atoms with Crippen LogP contribution in [-0.4, -0.2) is 95.7 Å². The normalized spacial score (nSPS) is 19.1. The third-order valence-electron chi connectivity index (χ3n) is 4.03. The molecule has 1 N–H and O–H groups in total. The summed E-state index contributed by atoms with van der Waals surface area (Å²) in [6.45, 7) is 3.80. The van der Waals surface area contributed by atoms with Gasteiger partial charge in [-0.05, 0) is 26.4 Å². The Morgan fingerprint density at radius 2 is 2.12 bits per heavy atom. The van der Waals surface area contributed by atoms with Crippen LogP contribution in [0.5, 0.6) is 0 Å². The molecule has 0 bridgehead atoms. The Balaban J connectivity index is 2.20. The molecular formula is C16H31F3N4O2. The van der Waals surface area contributed by atoms with E-state index in [9.17, 15) is 13.2 Å². The largest absolute Gasteiger partial charge is 0.401 e. The zero-order valence-corrected chi connectivity index (χ0v) is 15.4. The molecule has 1 heterocycles. The van der Waals surface area contributed by atoms with Gasteiger partial charge in [-0.2, -0.15) is 13.2 Å². The van der Waals surface area contributed by atoms with E-state index in [1.54, 1.807) is 14.2 Å². The highest BCUT2D eigenvalue weighted by Crippen LogP contribution is 2.17. The van der Waals surface area contributed by atoms with Crippen molar-refractivity contribution in [1.82, 2.24) is 15.1 Å². The average Bonchev–Trinajstić information content (AvgIpc) is 2.98. The summed E-state index contributed by atoms with van der Waals surface area (Å²) < 4.78 is 47.3. The molecule has 0 amide bonds. The van der Waals surface area contributed by atoms with Crippen LogP contribution in [0.25, 0.3) is 0 Å². The third-order valence-corrected chi connectivity index (χ3v) is 4.03. The lowest BCUT2D eigenvalue weighted by Gasteiger charge is -2.23. The molecule has 0 aromatic rings. The molecule has 1 unspecified atom stereocenters. The lowest BCUT2D eigenvalue weighted by molar-refractivity contribution is -0.143. The SMILES string of the molecule is CN=C(NCCCN(C)CC(F)(F)F)N1CCC(COCCOC)C1. The molecule has 0 saturated carbocycles. The molecule has 9 heteroatoms. The maximum Gasteiger partial charge on any atom is 0.401 e. The Kier molecular flexibility index (Phi) is 10.1. The van der Waals surface area contributed by atoms with Crippen molar-refractivity contribution in [1.29, 1.82) is 0 Å². The first-order valence-corrected chi connectivity index (χ1v) is 8.63. The van der Waals surface area contributed by atoms with E-state index in [2.05, 4.69) is 15.2 Å². The Hall–Kier alpha value is -1.06. The molecule has 0 radical (unpaired) electrons. The highest BCUT2D eigenvalue weighted by atomic mass is 19.4. The number of alkyl halides is 3. The minimum Gasteiger partial charge on any atom is -0.382 e. The molecule has 1 atom stereocenters. The second-order valence-corrected chi connectivity index (χ2v) is 6.35. The van der Waals surface area contributed by atoms with Crippen LogP contribution < -0.4 is 5.32 Å². The molecule has 148 valence electrons. The number of aliphatic imine (C=N–C) groups is 1. The van der Waals surface area contributed by atoms with Gasteiger partial charge in [0.05, 0.1) is 26.4 Å². The Morgan fingerprint density at radius 3 is 2.76 bits per heavy atom. The highest BCUT2D eigenvalue weighted by molar-refractivity contribution is 5.80. The van der Waals surface area contributed by atoms with E-state index in [1.165, 1.54) is 11.9 Å². The van der Waals surface area contributed by atoms with Crippen molar-refractivity contribution in [2.24, 2.45) is 10.9 Å². The Morgan fingerprint density at radius 1 is 1.36 bits per heavy atom. The minimum atomic E-state index is -4.14. The quantitative estimate of drug-likeness (QED) is 0.359. The standard InChI is InChI=1S/C16H31F3N4O2/c1-20-15(21-6-4-7-22(2)13-16(17,18)19)23-8-5-14(11-23)12-25-10-9-24-3/h14H,4-13H2,1-3H3,(H,20,21). The summed E-state index contributed by atoms with van der Waals surface area (Å²) in [7, 11) is 4.86. The minimum absolute atomic E-state index is 0.388. The van der Waals surface area contributed by atoms with Gasteiger partial charge < -0.3 is 19.7 Å². The smallest absolute Gasteiger partial charge is 0.382 e. The number of halogens is 3. The molecule has 1 fully saturated rings. The van der Waals surface area contributed by atoms with Crippen LogP contribution in [-0.2, 0) is 9.47 Å². The fraction of sp³-hybridized carbons (Fsp3) is 0.938. The van der Waals surface area contributed by atoms with Gasteiger partial charge in [-0.25, -0.2) is 0 Å². The molecule has 1 aliphatic rings. The first-order valence-electron chi connectivity index (χ1n) is 8.63. The maximum atomic E-state index is 12.3. The number of nitrogens with zero attached hydrogens (tertiary/aromatic N) is 3. The summed E-state index contributed by atoms with van der Waals surface area (Å²) in [5.41, 5.74) is 0. The number of hydrogen-bond donors (Lipinski definition) is 1. The van der Waals surface area contributed by atoms with Gasteiger partial charge in [-0.15, -0.1) is 0 Å². The van der Waals surface area contributed by atoms with Crippen LogP contribution in [0.2, 0.25) is 0 Å². The van der Waals surface area contributed by atoms with Crippen molar-refractivity contribution in [2.45, 2.75) is 19.0 Å². The lowest BCUT2D eigenvalue weighted by Crippen LogP contribution is -2.41. The summed E-state index contributed by atoms with van der Waals surface area (Å²) in [5.74, 6) is 1.27. The predicted octanol–water partition coefficient (Wildman–Crippen LogP) is 1.43. The molecular weight excluding hydrogens is 337 g/mol. The lowest BCUT2D eigenvalue weighted by atomic mass is 10.1. The molecule has 0 aliphatic carbocycles. The van der Waals surface area contributed by atoms with Gasteiger partial charge in [0.25, 0.3) is 0 Å². The molecule has 0 spiro atoms. The van der Waals surface area contributed by atoms with Crippen molar-refractivity contribution in [3.63, 3.8) is 0 Å². The van der Waals surface area contributed by atoms with Gasteiger partial charge in [-0.3, -0.25) is 9.89 Å². The van der Waals surface area contributed by atoms with Crippen molar-refractivity contribution >= 4 is 5.96 Å². The van der Waals surface area contributed by atoms with Crippen molar-refractivity contribution < 1.29 is 22.6 Å². The number of guanidine groups is 1. The van der Waals surface area contributed by atoms with Gasteiger partial charge in [-0.1, -0.05) is 0 Å². The fourth-order valence-corrected chi connectivity index (χ4v) is 2.82. The third kappa shape index (κ3) is 9.86. The Bertz CT molecular complexity index is 394. The number of hydrogen-bond acceptors (Lipinski definition) is 4. The van der Waals surface area contributed by atoms with Crippen LogP contribution in [0.1, 0.15) is 12.8 Å². The summed E-state index contributed by atoms with van der Waals surface area (Å²) in [5, 5.41) is 3.23. The topological polar surface area (TPSA) is 49.3 Å². The van der Waals surface area contributed by atoms with E-state index < -0.39 is 12.7 Å². The number of methoxy groups -OCH3 is 1. The second-order valence-electron chi connectivity index (χ2n) is 6.35. The second kappa shape index (κ2) is 11.5. The van der Waals surface area contributed by atoms with E-state index in [0.29, 0.717) is 45.2 Å². The zero-order chi connectivity index (χ0) is 18.7. The van der Waals surface area contributed by atoms with Crippen LogP contribution in [0, 0.1) is 5.92 Å². The molecule has 1 saturated heterocycles.